The average Bonchev–Trinajstić information content (AvgIpc) is 2.45. The van der Waals surface area contributed by atoms with Crippen LogP contribution in [-0.2, 0) is 16.1 Å². The van der Waals surface area contributed by atoms with Crippen molar-refractivity contribution in [2.24, 2.45) is 0 Å². The molecule has 0 radical (unpaired) electrons. The topological polar surface area (TPSA) is 67.4 Å². The Morgan fingerprint density at radius 3 is 2.75 bits per heavy atom. The van der Waals surface area contributed by atoms with E-state index in [2.05, 4.69) is 17.2 Å². The van der Waals surface area contributed by atoms with Crippen molar-refractivity contribution in [1.82, 2.24) is 10.6 Å². The molecule has 0 aromatic heterocycles. The first-order chi connectivity index (χ1) is 9.69. The van der Waals surface area contributed by atoms with E-state index in [9.17, 15) is 9.59 Å². The molecule has 1 aromatic rings. The van der Waals surface area contributed by atoms with E-state index >= 15 is 0 Å². The summed E-state index contributed by atoms with van der Waals surface area (Å²) in [5.74, 6) is 0.346. The second kappa shape index (κ2) is 6.86. The monoisotopic (exact) mass is 274 g/mol. The molecule has 0 bridgehead atoms. The Balaban J connectivity index is 1.83. The molecule has 1 aliphatic rings. The Morgan fingerprint density at radius 1 is 1.35 bits per heavy atom. The SMILES string of the molecule is C=CCOc1ccc(CNC2CCC(=O)NC2=O)cc1. The molecule has 0 saturated carbocycles. The minimum absolute atomic E-state index is 0.197. The molecule has 1 heterocycles. The highest BCUT2D eigenvalue weighted by atomic mass is 16.5. The molecular weight excluding hydrogens is 256 g/mol. The highest BCUT2D eigenvalue weighted by molar-refractivity contribution is 6.00. The van der Waals surface area contributed by atoms with Gasteiger partial charge in [0.25, 0.3) is 0 Å². The van der Waals surface area contributed by atoms with Gasteiger partial charge in [0.05, 0.1) is 6.04 Å². The lowest BCUT2D eigenvalue weighted by atomic mass is 10.1. The van der Waals surface area contributed by atoms with Crippen LogP contribution >= 0.6 is 0 Å². The molecule has 2 N–H and O–H groups in total. The number of nitrogens with one attached hydrogen (secondary N) is 2. The van der Waals surface area contributed by atoms with Crippen molar-refractivity contribution in [3.63, 3.8) is 0 Å². The molecule has 106 valence electrons. The maximum Gasteiger partial charge on any atom is 0.243 e. The summed E-state index contributed by atoms with van der Waals surface area (Å²) in [6, 6.07) is 7.34. The van der Waals surface area contributed by atoms with Crippen LogP contribution in [-0.4, -0.2) is 24.5 Å². The first-order valence-corrected chi connectivity index (χ1v) is 6.59. The maximum atomic E-state index is 11.6. The number of rotatable bonds is 6. The smallest absolute Gasteiger partial charge is 0.243 e. The van der Waals surface area contributed by atoms with Gasteiger partial charge in [0.1, 0.15) is 12.4 Å². The van der Waals surface area contributed by atoms with Gasteiger partial charge in [0.2, 0.25) is 11.8 Å². The van der Waals surface area contributed by atoms with Crippen molar-refractivity contribution in [3.8, 4) is 5.75 Å². The Labute approximate surface area is 118 Å². The highest BCUT2D eigenvalue weighted by Gasteiger charge is 2.25. The Morgan fingerprint density at radius 2 is 2.10 bits per heavy atom. The number of benzene rings is 1. The van der Waals surface area contributed by atoms with Gasteiger partial charge in [-0.1, -0.05) is 24.8 Å². The lowest BCUT2D eigenvalue weighted by Crippen LogP contribution is -2.50. The third kappa shape index (κ3) is 3.93. The summed E-state index contributed by atoms with van der Waals surface area (Å²) in [7, 11) is 0. The molecule has 1 aliphatic heterocycles. The Bertz CT molecular complexity index is 496. The number of carbonyl (C=O) groups excluding carboxylic acids is 2. The second-order valence-electron chi connectivity index (χ2n) is 4.63. The zero-order valence-electron chi connectivity index (χ0n) is 11.2. The molecule has 2 rings (SSSR count). The van der Waals surface area contributed by atoms with Gasteiger partial charge in [-0.05, 0) is 24.1 Å². The molecule has 1 unspecified atom stereocenters. The van der Waals surface area contributed by atoms with Gasteiger partial charge >= 0.3 is 0 Å². The van der Waals surface area contributed by atoms with Crippen molar-refractivity contribution < 1.29 is 14.3 Å². The van der Waals surface area contributed by atoms with Crippen molar-refractivity contribution in [1.29, 1.82) is 0 Å². The number of carbonyl (C=O) groups is 2. The summed E-state index contributed by atoms with van der Waals surface area (Å²) < 4.78 is 5.39. The molecule has 5 heteroatoms. The zero-order valence-corrected chi connectivity index (χ0v) is 11.2. The fourth-order valence-corrected chi connectivity index (χ4v) is 1.99. The second-order valence-corrected chi connectivity index (χ2v) is 4.63. The van der Waals surface area contributed by atoms with Crippen LogP contribution in [0.5, 0.6) is 5.75 Å². The summed E-state index contributed by atoms with van der Waals surface area (Å²) in [6.45, 7) is 4.65. The van der Waals surface area contributed by atoms with Crippen LogP contribution in [0, 0.1) is 0 Å². The fraction of sp³-hybridized carbons (Fsp3) is 0.333. The van der Waals surface area contributed by atoms with Gasteiger partial charge in [-0.25, -0.2) is 0 Å². The fourth-order valence-electron chi connectivity index (χ4n) is 1.99. The van der Waals surface area contributed by atoms with E-state index in [4.69, 9.17) is 4.74 Å². The van der Waals surface area contributed by atoms with E-state index in [1.807, 2.05) is 24.3 Å². The summed E-state index contributed by atoms with van der Waals surface area (Å²) in [5.41, 5.74) is 1.06. The molecule has 1 atom stereocenters. The van der Waals surface area contributed by atoms with Crippen molar-refractivity contribution >= 4 is 11.8 Å². The van der Waals surface area contributed by atoms with Crippen LogP contribution in [0.2, 0.25) is 0 Å². The first kappa shape index (κ1) is 14.3. The molecule has 2 amide bonds. The van der Waals surface area contributed by atoms with Gasteiger partial charge in [-0.2, -0.15) is 0 Å². The quantitative estimate of drug-likeness (QED) is 0.603. The van der Waals surface area contributed by atoms with Gasteiger partial charge in [-0.3, -0.25) is 14.9 Å². The van der Waals surface area contributed by atoms with E-state index in [1.165, 1.54) is 0 Å². The Hall–Kier alpha value is -2.14. The van der Waals surface area contributed by atoms with E-state index in [0.717, 1.165) is 11.3 Å². The molecule has 0 spiro atoms. The van der Waals surface area contributed by atoms with E-state index in [0.29, 0.717) is 26.0 Å². The van der Waals surface area contributed by atoms with E-state index in [-0.39, 0.29) is 17.9 Å². The highest BCUT2D eigenvalue weighted by Crippen LogP contribution is 2.13. The molecule has 1 aromatic carbocycles. The van der Waals surface area contributed by atoms with Gasteiger partial charge in [-0.15, -0.1) is 0 Å². The minimum Gasteiger partial charge on any atom is -0.490 e. The van der Waals surface area contributed by atoms with Crippen molar-refractivity contribution in [3.05, 3.63) is 42.5 Å². The van der Waals surface area contributed by atoms with Crippen LogP contribution in [0.3, 0.4) is 0 Å². The molecular formula is C15H18N2O3. The largest absolute Gasteiger partial charge is 0.490 e. The van der Waals surface area contributed by atoms with Crippen molar-refractivity contribution in [2.75, 3.05) is 6.61 Å². The number of hydrogen-bond donors (Lipinski definition) is 2. The first-order valence-electron chi connectivity index (χ1n) is 6.59. The average molecular weight is 274 g/mol. The van der Waals surface area contributed by atoms with Crippen LogP contribution in [0.4, 0.5) is 0 Å². The standard InChI is InChI=1S/C15H18N2O3/c1-2-9-20-12-5-3-11(4-6-12)10-16-13-7-8-14(18)17-15(13)19/h2-6,13,16H,1,7-10H2,(H,17,18,19). The third-order valence-electron chi connectivity index (χ3n) is 3.08. The number of ether oxygens (including phenoxy) is 1. The van der Waals surface area contributed by atoms with Crippen LogP contribution in [0.1, 0.15) is 18.4 Å². The molecule has 1 saturated heterocycles. The summed E-state index contributed by atoms with van der Waals surface area (Å²) in [5, 5.41) is 5.48. The van der Waals surface area contributed by atoms with E-state index in [1.54, 1.807) is 6.08 Å². The molecule has 0 aliphatic carbocycles. The lowest BCUT2D eigenvalue weighted by Gasteiger charge is -2.21. The minimum atomic E-state index is -0.301. The number of imide groups is 1. The number of hydrogen-bond acceptors (Lipinski definition) is 4. The lowest BCUT2D eigenvalue weighted by molar-refractivity contribution is -0.134. The number of piperidine rings is 1. The predicted octanol–water partition coefficient (Wildman–Crippen LogP) is 1.15. The molecule has 1 fully saturated rings. The van der Waals surface area contributed by atoms with Crippen LogP contribution < -0.4 is 15.4 Å². The summed E-state index contributed by atoms with van der Waals surface area (Å²) in [4.78, 5) is 22.6. The third-order valence-corrected chi connectivity index (χ3v) is 3.08. The molecule has 20 heavy (non-hydrogen) atoms. The number of amides is 2. The maximum absolute atomic E-state index is 11.6. The van der Waals surface area contributed by atoms with E-state index < -0.39 is 0 Å². The summed E-state index contributed by atoms with van der Waals surface area (Å²) >= 11 is 0. The van der Waals surface area contributed by atoms with Gasteiger partial charge in [0.15, 0.2) is 0 Å². The van der Waals surface area contributed by atoms with Gasteiger partial charge < -0.3 is 10.1 Å². The predicted molar refractivity (Wildman–Crippen MR) is 75.1 cm³/mol. The zero-order chi connectivity index (χ0) is 14.4. The normalized spacial score (nSPS) is 18.5. The summed E-state index contributed by atoms with van der Waals surface area (Å²) in [6.07, 6.45) is 2.63. The van der Waals surface area contributed by atoms with Crippen LogP contribution in [0.15, 0.2) is 36.9 Å². The molecule has 5 nitrogen and oxygen atoms in total. The Kier molecular flexibility index (Phi) is 4.90. The van der Waals surface area contributed by atoms with Gasteiger partial charge in [0, 0.05) is 13.0 Å². The van der Waals surface area contributed by atoms with Crippen LogP contribution in [0.25, 0.3) is 0 Å². The van der Waals surface area contributed by atoms with Crippen molar-refractivity contribution in [2.45, 2.75) is 25.4 Å².